The first-order valence-corrected chi connectivity index (χ1v) is 7.98. The van der Waals surface area contributed by atoms with Gasteiger partial charge in [0.2, 0.25) is 0 Å². The molecule has 1 N–H and O–H groups in total. The van der Waals surface area contributed by atoms with Gasteiger partial charge in [0.05, 0.1) is 10.7 Å². The van der Waals surface area contributed by atoms with E-state index in [9.17, 15) is 9.59 Å². The summed E-state index contributed by atoms with van der Waals surface area (Å²) in [6.45, 7) is 1.63. The van der Waals surface area contributed by atoms with Crippen LogP contribution >= 0.6 is 11.6 Å². The molecule has 0 atom stereocenters. The standard InChI is InChI=1S/C18H17ClN2O2/c19-15-5-1-2-6-16(15)20-17(22)13-7-9-14(10-8-13)18(23)21-11-3-4-12-21/h1-2,5-10H,3-4,11-12H2,(H,20,22). The number of benzene rings is 2. The van der Waals surface area contributed by atoms with Crippen LogP contribution in [0.5, 0.6) is 0 Å². The van der Waals surface area contributed by atoms with Crippen molar-refractivity contribution >= 4 is 29.1 Å². The Morgan fingerprint density at radius 3 is 2.17 bits per heavy atom. The number of rotatable bonds is 3. The molecular formula is C18H17ClN2O2. The van der Waals surface area contributed by atoms with Crippen molar-refractivity contribution in [2.45, 2.75) is 12.8 Å². The summed E-state index contributed by atoms with van der Waals surface area (Å²) in [6, 6.07) is 13.8. The zero-order chi connectivity index (χ0) is 16.2. The van der Waals surface area contributed by atoms with E-state index >= 15 is 0 Å². The number of nitrogens with zero attached hydrogens (tertiary/aromatic N) is 1. The molecule has 1 aliphatic rings. The molecule has 3 rings (SSSR count). The van der Waals surface area contributed by atoms with E-state index in [1.54, 1.807) is 48.5 Å². The molecule has 0 unspecified atom stereocenters. The third kappa shape index (κ3) is 3.54. The Labute approximate surface area is 140 Å². The monoisotopic (exact) mass is 328 g/mol. The molecule has 118 valence electrons. The summed E-state index contributed by atoms with van der Waals surface area (Å²) in [5.41, 5.74) is 1.67. The molecule has 0 aromatic heterocycles. The van der Waals surface area contributed by atoms with E-state index in [1.807, 2.05) is 4.90 Å². The van der Waals surface area contributed by atoms with Gasteiger partial charge in [0.25, 0.3) is 11.8 Å². The Balaban J connectivity index is 1.70. The van der Waals surface area contributed by atoms with Crippen LogP contribution in [0.3, 0.4) is 0 Å². The molecule has 0 radical (unpaired) electrons. The quantitative estimate of drug-likeness (QED) is 0.931. The number of amides is 2. The van der Waals surface area contributed by atoms with Crippen LogP contribution in [0, 0.1) is 0 Å². The van der Waals surface area contributed by atoms with Crippen molar-refractivity contribution in [3.05, 3.63) is 64.7 Å². The van der Waals surface area contributed by atoms with Gasteiger partial charge in [-0.25, -0.2) is 0 Å². The van der Waals surface area contributed by atoms with E-state index in [2.05, 4.69) is 5.32 Å². The minimum absolute atomic E-state index is 0.0283. The molecular weight excluding hydrogens is 312 g/mol. The highest BCUT2D eigenvalue weighted by Crippen LogP contribution is 2.21. The lowest BCUT2D eigenvalue weighted by atomic mass is 10.1. The van der Waals surface area contributed by atoms with Crippen LogP contribution in [0.1, 0.15) is 33.6 Å². The number of anilines is 1. The molecule has 4 nitrogen and oxygen atoms in total. The first kappa shape index (κ1) is 15.6. The van der Waals surface area contributed by atoms with Crippen molar-refractivity contribution in [3.63, 3.8) is 0 Å². The van der Waals surface area contributed by atoms with Crippen LogP contribution in [0.15, 0.2) is 48.5 Å². The summed E-state index contributed by atoms with van der Waals surface area (Å²) in [6.07, 6.45) is 2.12. The minimum Gasteiger partial charge on any atom is -0.339 e. The van der Waals surface area contributed by atoms with Gasteiger partial charge in [0, 0.05) is 24.2 Å². The summed E-state index contributed by atoms with van der Waals surface area (Å²) in [7, 11) is 0. The largest absolute Gasteiger partial charge is 0.339 e. The number of para-hydroxylation sites is 1. The Morgan fingerprint density at radius 1 is 0.913 bits per heavy atom. The summed E-state index contributed by atoms with van der Waals surface area (Å²) in [5.74, 6) is -0.223. The highest BCUT2D eigenvalue weighted by Gasteiger charge is 2.19. The molecule has 0 saturated carbocycles. The number of likely N-dealkylation sites (tertiary alicyclic amines) is 1. The van der Waals surface area contributed by atoms with E-state index in [-0.39, 0.29) is 11.8 Å². The molecule has 1 aliphatic heterocycles. The van der Waals surface area contributed by atoms with Crippen molar-refractivity contribution in [1.82, 2.24) is 4.90 Å². The van der Waals surface area contributed by atoms with Crippen molar-refractivity contribution in [2.24, 2.45) is 0 Å². The number of nitrogens with one attached hydrogen (secondary N) is 1. The van der Waals surface area contributed by atoms with Gasteiger partial charge in [0.15, 0.2) is 0 Å². The van der Waals surface area contributed by atoms with Crippen LogP contribution in [0.25, 0.3) is 0 Å². The highest BCUT2D eigenvalue weighted by atomic mass is 35.5. The lowest BCUT2D eigenvalue weighted by molar-refractivity contribution is 0.0792. The second kappa shape index (κ2) is 6.84. The van der Waals surface area contributed by atoms with Crippen LogP contribution in [0.2, 0.25) is 5.02 Å². The van der Waals surface area contributed by atoms with E-state index in [0.29, 0.717) is 21.8 Å². The van der Waals surface area contributed by atoms with Gasteiger partial charge >= 0.3 is 0 Å². The fourth-order valence-electron chi connectivity index (χ4n) is 2.62. The van der Waals surface area contributed by atoms with Gasteiger partial charge in [-0.3, -0.25) is 9.59 Å². The van der Waals surface area contributed by atoms with Crippen LogP contribution in [-0.4, -0.2) is 29.8 Å². The van der Waals surface area contributed by atoms with Gasteiger partial charge in [-0.2, -0.15) is 0 Å². The molecule has 5 heteroatoms. The molecule has 0 spiro atoms. The third-order valence-corrected chi connectivity index (χ3v) is 4.24. The number of hydrogen-bond donors (Lipinski definition) is 1. The van der Waals surface area contributed by atoms with Crippen LogP contribution in [-0.2, 0) is 0 Å². The summed E-state index contributed by atoms with van der Waals surface area (Å²) in [5, 5.41) is 3.25. The van der Waals surface area contributed by atoms with Gasteiger partial charge < -0.3 is 10.2 Å². The Kier molecular flexibility index (Phi) is 4.63. The van der Waals surface area contributed by atoms with Crippen LogP contribution < -0.4 is 5.32 Å². The Hall–Kier alpha value is -2.33. The maximum Gasteiger partial charge on any atom is 0.255 e. The average Bonchev–Trinajstić information content (AvgIpc) is 3.11. The second-order valence-electron chi connectivity index (χ2n) is 5.51. The van der Waals surface area contributed by atoms with Crippen molar-refractivity contribution in [1.29, 1.82) is 0 Å². The fraction of sp³-hybridized carbons (Fsp3) is 0.222. The van der Waals surface area contributed by atoms with Gasteiger partial charge in [-0.15, -0.1) is 0 Å². The lowest BCUT2D eigenvalue weighted by Crippen LogP contribution is -2.27. The topological polar surface area (TPSA) is 49.4 Å². The highest BCUT2D eigenvalue weighted by molar-refractivity contribution is 6.33. The van der Waals surface area contributed by atoms with Gasteiger partial charge in [0.1, 0.15) is 0 Å². The smallest absolute Gasteiger partial charge is 0.255 e. The molecule has 0 aliphatic carbocycles. The fourth-order valence-corrected chi connectivity index (χ4v) is 2.81. The van der Waals surface area contributed by atoms with E-state index in [0.717, 1.165) is 25.9 Å². The number of carbonyl (C=O) groups is 2. The SMILES string of the molecule is O=C(Nc1ccccc1Cl)c1ccc(C(=O)N2CCCC2)cc1. The van der Waals surface area contributed by atoms with Crippen LogP contribution in [0.4, 0.5) is 5.69 Å². The third-order valence-electron chi connectivity index (χ3n) is 3.91. The first-order chi connectivity index (χ1) is 11.1. The Morgan fingerprint density at radius 2 is 1.52 bits per heavy atom. The van der Waals surface area contributed by atoms with Gasteiger partial charge in [-0.1, -0.05) is 23.7 Å². The lowest BCUT2D eigenvalue weighted by Gasteiger charge is -2.15. The first-order valence-electron chi connectivity index (χ1n) is 7.60. The number of carbonyl (C=O) groups excluding carboxylic acids is 2. The predicted molar refractivity (Wildman–Crippen MR) is 91.0 cm³/mol. The average molecular weight is 329 g/mol. The summed E-state index contributed by atoms with van der Waals surface area (Å²) < 4.78 is 0. The normalized spacial score (nSPS) is 13.9. The minimum atomic E-state index is -0.252. The summed E-state index contributed by atoms with van der Waals surface area (Å²) in [4.78, 5) is 26.4. The maximum atomic E-state index is 12.3. The number of hydrogen-bond acceptors (Lipinski definition) is 2. The Bertz CT molecular complexity index is 722. The molecule has 23 heavy (non-hydrogen) atoms. The molecule has 1 heterocycles. The zero-order valence-electron chi connectivity index (χ0n) is 12.6. The van der Waals surface area contributed by atoms with Crippen molar-refractivity contribution in [3.8, 4) is 0 Å². The molecule has 2 aromatic carbocycles. The predicted octanol–water partition coefficient (Wildman–Crippen LogP) is 3.83. The van der Waals surface area contributed by atoms with E-state index < -0.39 is 0 Å². The van der Waals surface area contributed by atoms with Crippen molar-refractivity contribution < 1.29 is 9.59 Å². The number of halogens is 1. The summed E-state index contributed by atoms with van der Waals surface area (Å²) >= 11 is 6.03. The molecule has 1 fully saturated rings. The van der Waals surface area contributed by atoms with E-state index in [1.165, 1.54) is 0 Å². The maximum absolute atomic E-state index is 12.3. The molecule has 2 amide bonds. The van der Waals surface area contributed by atoms with Gasteiger partial charge in [-0.05, 0) is 49.2 Å². The molecule has 2 aromatic rings. The zero-order valence-corrected chi connectivity index (χ0v) is 13.3. The second-order valence-corrected chi connectivity index (χ2v) is 5.92. The molecule has 1 saturated heterocycles. The van der Waals surface area contributed by atoms with Crippen molar-refractivity contribution in [2.75, 3.05) is 18.4 Å². The molecule has 0 bridgehead atoms. The van der Waals surface area contributed by atoms with E-state index in [4.69, 9.17) is 11.6 Å².